The molecule has 1 heterocycles. The Morgan fingerprint density at radius 1 is 0.721 bits per heavy atom. The van der Waals surface area contributed by atoms with Crippen LogP contribution in [0.15, 0.2) is 30.3 Å². The molecule has 25 heteroatoms. The van der Waals surface area contributed by atoms with E-state index in [1.165, 1.54) is 5.56 Å². The van der Waals surface area contributed by atoms with Crippen molar-refractivity contribution in [1.29, 1.82) is 0 Å². The molecule has 1 aliphatic heterocycles. The summed E-state index contributed by atoms with van der Waals surface area (Å²) in [5, 5.41) is 3.12. The van der Waals surface area contributed by atoms with Gasteiger partial charge in [-0.15, -0.1) is 0 Å². The molecular weight excluding hydrogens is 1070 g/mol. The van der Waals surface area contributed by atoms with E-state index in [4.69, 9.17) is 9.47 Å². The minimum Gasteiger partial charge on any atom is -1.00 e. The minimum absolute atomic E-state index is 0. The van der Waals surface area contributed by atoms with E-state index in [2.05, 4.69) is 41.4 Å². The Kier molecular flexibility index (Phi) is 310. The van der Waals surface area contributed by atoms with Crippen LogP contribution in [0.1, 0.15) is 53.9 Å². The van der Waals surface area contributed by atoms with Crippen LogP contribution in [-0.2, 0) is 20.8 Å². The van der Waals surface area contributed by atoms with Gasteiger partial charge in [0, 0.05) is 38.7 Å². The van der Waals surface area contributed by atoms with Gasteiger partial charge in [-0.2, -0.15) is 0 Å². The second-order valence-corrected chi connectivity index (χ2v) is 6.12. The zero-order valence-electron chi connectivity index (χ0n) is 54.2. The molecule has 43 heavy (non-hydrogen) atoms. The van der Waals surface area contributed by atoms with Crippen LogP contribution in [0.5, 0.6) is 0 Å². The number of rotatable bonds is 9. The van der Waals surface area contributed by atoms with E-state index in [0.717, 1.165) is 19.5 Å². The van der Waals surface area contributed by atoms with E-state index >= 15 is 0 Å². The summed E-state index contributed by atoms with van der Waals surface area (Å²) in [6, 6.07) is 11.2. The van der Waals surface area contributed by atoms with E-state index in [1.54, 1.807) is 7.11 Å². The van der Waals surface area contributed by atoms with Gasteiger partial charge < -0.3 is 43.3 Å². The largest absolute Gasteiger partial charge is 1.00 e. The van der Waals surface area contributed by atoms with Crippen molar-refractivity contribution in [2.75, 3.05) is 33.5 Å². The van der Waals surface area contributed by atoms with Crippen LogP contribution in [0.3, 0.4) is 0 Å². The third-order valence-corrected chi connectivity index (χ3v) is 4.20. The third-order valence-electron chi connectivity index (χ3n) is 4.20. The zero-order valence-corrected chi connectivity index (χ0v) is 96.6. The van der Waals surface area contributed by atoms with Gasteiger partial charge in [-0.1, -0.05) is 30.3 Å². The molecule has 1 saturated heterocycles. The van der Waals surface area contributed by atoms with E-state index in [9.17, 15) is 4.79 Å². The first kappa shape index (κ1) is 131. The Labute approximate surface area is 1150 Å². The van der Waals surface area contributed by atoms with E-state index in [-0.39, 0.29) is 1070 Å². The molecule has 1 aromatic carbocycles. The summed E-state index contributed by atoms with van der Waals surface area (Å²) in [6.45, 7) is 5.63. The maximum atomic E-state index is 12.0. The first-order chi connectivity index (χ1) is 11.2. The van der Waals surface area contributed by atoms with Crippen LogP contribution in [0.2, 0.25) is 0 Å². The van der Waals surface area contributed by atoms with Crippen molar-refractivity contribution in [2.45, 2.75) is 38.4 Å². The van der Waals surface area contributed by atoms with Gasteiger partial charge in [-0.3, -0.25) is 9.69 Å². The number of likely N-dealkylation sites (tertiary alicyclic amines) is 1. The normalized spacial score (nSPS) is 11.5. The predicted molar refractivity (Wildman–Crippen MR) is 112 cm³/mol. The molecule has 0 aromatic heterocycles. The molecule has 168 valence electrons. The van der Waals surface area contributed by atoms with Crippen molar-refractivity contribution >= 4 is 5.91 Å². The van der Waals surface area contributed by atoms with Crippen LogP contribution in [0, 0.1) is 0 Å². The fourth-order valence-corrected chi connectivity index (χ4v) is 2.95. The Bertz CT molecular complexity index is 566. The number of benzene rings is 1. The predicted octanol–water partition coefficient (Wildman–Crippen LogP) is -55.9. The van der Waals surface area contributed by atoms with Gasteiger partial charge in [0.25, 0.3) is 0 Å². The first-order valence-electron chi connectivity index (χ1n) is 8.33. The average molecular weight is 1120 g/mol. The number of carbonyl (C=O) groups excluding carboxylic acids is 1. The molecule has 5 nitrogen and oxygen atoms in total. The summed E-state index contributed by atoms with van der Waals surface area (Å²) in [7, 11) is 1.64. The second kappa shape index (κ2) is 102. The van der Waals surface area contributed by atoms with E-state index in [0.29, 0.717) is 32.3 Å². The summed E-state index contributed by atoms with van der Waals surface area (Å²) < 4.78 is 10.2. The number of carbonyl (C=O) groups is 1. The SMILES string of the molecule is COCCOCCC(=O)N[C@H]1C[C@@H](C)N(Cc2ccccc2)C1.[H-].[H-].[H-].[H-].[H-].[H-].[H-].[H-].[H-].[H-].[H-].[H-].[H-].[H-].[H-].[H-].[H-].[H-].[H-].[H-].[K+].[K+].[K+].[K+].[K+].[K+].[K+].[K+].[K+].[K+].[K+].[K+].[K+].[K+].[K+].[K+].[K+].[K+].[K+].[K+]. The topological polar surface area (TPSA) is 50.8 Å². The molecule has 1 aromatic rings. The summed E-state index contributed by atoms with van der Waals surface area (Å²) in [5.74, 6) is 0.0705. The maximum Gasteiger partial charge on any atom is 1.00 e. The number of hydrogen-bond donors (Lipinski definition) is 1. The van der Waals surface area contributed by atoms with Crippen molar-refractivity contribution in [2.24, 2.45) is 0 Å². The Morgan fingerprint density at radius 2 is 1.14 bits per heavy atom. The van der Waals surface area contributed by atoms with Gasteiger partial charge in [-0.05, 0) is 18.9 Å². The maximum absolute atomic E-state index is 12.0. The van der Waals surface area contributed by atoms with Crippen molar-refractivity contribution in [1.82, 2.24) is 10.2 Å². The summed E-state index contributed by atoms with van der Waals surface area (Å²) in [4.78, 5) is 14.4. The van der Waals surface area contributed by atoms with Crippen LogP contribution >= 0.6 is 0 Å². The van der Waals surface area contributed by atoms with Crippen molar-refractivity contribution in [3.8, 4) is 0 Å². The van der Waals surface area contributed by atoms with Crippen LogP contribution < -0.4 is 1030 Å². The molecule has 0 unspecified atom stereocenters. The number of hydrogen-bond acceptors (Lipinski definition) is 4. The fraction of sp³-hybridized carbons (Fsp3) is 0.611. The smallest absolute Gasteiger partial charge is 1.00 e. The molecular formula is C18H48K20N2O3. The third kappa shape index (κ3) is 84.8. The Balaban J connectivity index is -0.00000000389. The number of amides is 1. The molecule has 1 aliphatic rings. The minimum atomic E-state index is 0. The van der Waals surface area contributed by atoms with E-state index < -0.39 is 0 Å². The standard InChI is InChI=1S/C18H28N2O3.20K.20H/c1-15-12-17(19-18(21)8-9-23-11-10-22-2)14-20(15)13-16-6-4-3-5-7-16;;;;;;;;;;;;;;;;;;;;;;;;;;;;;;;;;;;;;;;;/h3-7,15,17H,8-14H2,1-2H3,(H,19,21);;;;;;;;;;;;;;;;;;;;;;;;;;;;;;;;;;;;;;;;/q;20*+1;20*-1/t15-,17+;;;;;;;;;;;;;;;;;;;;;;;;;;;;;;;;;;;;;;;;/m1......................................../s1. The monoisotopic (exact) mass is 1120 g/mol. The molecule has 1 N–H and O–H groups in total. The Morgan fingerprint density at radius 3 is 1.53 bits per heavy atom. The van der Waals surface area contributed by atoms with E-state index in [1.807, 2.05) is 6.07 Å². The summed E-state index contributed by atoms with van der Waals surface area (Å²) in [6.07, 6.45) is 1.41. The van der Waals surface area contributed by atoms with Crippen LogP contribution in [-0.4, -0.2) is 56.4 Å². The quantitative estimate of drug-likeness (QED) is 0.198. The zero-order chi connectivity index (χ0) is 16.5. The van der Waals surface area contributed by atoms with Crippen molar-refractivity contribution < 1.29 is 1070 Å². The number of nitrogens with one attached hydrogen (secondary N) is 1. The van der Waals surface area contributed by atoms with Gasteiger partial charge in [0.05, 0.1) is 19.8 Å². The van der Waals surface area contributed by atoms with Gasteiger partial charge in [0.15, 0.2) is 0 Å². The van der Waals surface area contributed by atoms with Crippen molar-refractivity contribution in [3.63, 3.8) is 0 Å². The van der Waals surface area contributed by atoms with Crippen molar-refractivity contribution in [3.05, 3.63) is 35.9 Å². The Hall–Kier alpha value is 31.3. The number of nitrogens with zero attached hydrogens (tertiary/aromatic N) is 1. The second-order valence-electron chi connectivity index (χ2n) is 6.12. The molecule has 2 atom stereocenters. The first-order valence-corrected chi connectivity index (χ1v) is 8.33. The summed E-state index contributed by atoms with van der Waals surface area (Å²) >= 11 is 0. The molecule has 0 bridgehead atoms. The molecule has 0 saturated carbocycles. The molecule has 1 amide bonds. The van der Waals surface area contributed by atoms with Gasteiger partial charge in [-0.25, -0.2) is 0 Å². The molecule has 0 spiro atoms. The molecule has 0 aliphatic carbocycles. The number of methoxy groups -OCH3 is 1. The fourth-order valence-electron chi connectivity index (χ4n) is 2.95. The molecule has 1 fully saturated rings. The van der Waals surface area contributed by atoms with Crippen LogP contribution in [0.25, 0.3) is 0 Å². The van der Waals surface area contributed by atoms with Gasteiger partial charge in [0.1, 0.15) is 0 Å². The average Bonchev–Trinajstić information content (AvgIpc) is 2.87. The van der Waals surface area contributed by atoms with Crippen LogP contribution in [0.4, 0.5) is 0 Å². The number of ether oxygens (including phenoxy) is 2. The van der Waals surface area contributed by atoms with Gasteiger partial charge in [0.2, 0.25) is 5.91 Å². The molecule has 0 radical (unpaired) electrons. The van der Waals surface area contributed by atoms with Gasteiger partial charge >= 0.3 is 1030 Å². The summed E-state index contributed by atoms with van der Waals surface area (Å²) in [5.41, 5.74) is 1.32. The molecule has 2 rings (SSSR count).